The molecular formula is C30H46. The van der Waals surface area contributed by atoms with Gasteiger partial charge in [0.15, 0.2) is 0 Å². The predicted octanol–water partition coefficient (Wildman–Crippen LogP) is 8.89. The molecule has 0 aromatic heterocycles. The first-order valence-electron chi connectivity index (χ1n) is 13.2. The van der Waals surface area contributed by atoms with Crippen molar-refractivity contribution in [3.63, 3.8) is 0 Å². The van der Waals surface area contributed by atoms with Gasteiger partial charge in [0.25, 0.3) is 0 Å². The van der Waals surface area contributed by atoms with Gasteiger partial charge in [-0.15, -0.1) is 0 Å². The van der Waals surface area contributed by atoms with Crippen LogP contribution in [0.25, 0.3) is 0 Å². The van der Waals surface area contributed by atoms with Crippen LogP contribution in [0.4, 0.5) is 0 Å². The van der Waals surface area contributed by atoms with E-state index < -0.39 is 0 Å². The number of hydrogen-bond donors (Lipinski definition) is 0. The van der Waals surface area contributed by atoms with Crippen LogP contribution >= 0.6 is 0 Å². The fourth-order valence-electron chi connectivity index (χ4n) is 9.93. The maximum Gasteiger partial charge on any atom is -0.00997 e. The summed E-state index contributed by atoms with van der Waals surface area (Å²) in [6.07, 6.45) is 12.9. The largest absolute Gasteiger partial charge is 0.0596 e. The lowest BCUT2D eigenvalue weighted by atomic mass is 9.34. The van der Waals surface area contributed by atoms with E-state index in [4.69, 9.17) is 0 Å². The van der Waals surface area contributed by atoms with Gasteiger partial charge in [-0.2, -0.15) is 0 Å². The fraction of sp³-hybridized carbons (Fsp3) is 0.800. The molecule has 0 aliphatic heterocycles. The normalized spacial score (nSPS) is 44.6. The second-order valence-electron chi connectivity index (χ2n) is 13.6. The standard InChI is InChI=1S/C30H46/c1-20(2)21-9-10-23-22(19-21)13-17-29(6)24(23)11-12-26-28(5)16-8-15-27(3,4)25(28)14-18-30(26,29)7/h9-10,19-20,24-26H,8,11-18H2,1-7H3. The molecule has 1 aromatic carbocycles. The average molecular weight is 407 g/mol. The second kappa shape index (κ2) is 6.62. The van der Waals surface area contributed by atoms with E-state index in [2.05, 4.69) is 66.7 Å². The van der Waals surface area contributed by atoms with Crippen molar-refractivity contribution in [3.05, 3.63) is 34.9 Å². The highest BCUT2D eigenvalue weighted by molar-refractivity contribution is 5.41. The fourth-order valence-corrected chi connectivity index (χ4v) is 9.93. The minimum atomic E-state index is 0.470. The summed E-state index contributed by atoms with van der Waals surface area (Å²) in [6, 6.07) is 7.56. The SMILES string of the molecule is CC(C)c1ccc2c(c1)CCC1(C)C2CCC2C3(C)CCCC(C)(C)C3CCC21C. The zero-order valence-electron chi connectivity index (χ0n) is 20.9. The Bertz CT molecular complexity index is 830. The monoisotopic (exact) mass is 406 g/mol. The Morgan fingerprint density at radius 1 is 0.800 bits per heavy atom. The van der Waals surface area contributed by atoms with Crippen LogP contribution in [0.5, 0.6) is 0 Å². The van der Waals surface area contributed by atoms with Gasteiger partial charge in [0.1, 0.15) is 0 Å². The maximum atomic E-state index is 2.75. The van der Waals surface area contributed by atoms with Crippen LogP contribution in [0.2, 0.25) is 0 Å². The Balaban J connectivity index is 1.54. The van der Waals surface area contributed by atoms with E-state index >= 15 is 0 Å². The predicted molar refractivity (Wildman–Crippen MR) is 129 cm³/mol. The Kier molecular flexibility index (Phi) is 4.65. The van der Waals surface area contributed by atoms with Crippen molar-refractivity contribution >= 4 is 0 Å². The molecule has 6 unspecified atom stereocenters. The van der Waals surface area contributed by atoms with Gasteiger partial charge in [-0.25, -0.2) is 0 Å². The van der Waals surface area contributed by atoms with Crippen molar-refractivity contribution in [1.82, 2.24) is 0 Å². The molecule has 0 radical (unpaired) electrons. The minimum Gasteiger partial charge on any atom is -0.0596 e. The molecule has 3 saturated carbocycles. The van der Waals surface area contributed by atoms with Crippen molar-refractivity contribution in [2.75, 3.05) is 0 Å². The quantitative estimate of drug-likeness (QED) is 0.437. The molecule has 0 bridgehead atoms. The summed E-state index contributed by atoms with van der Waals surface area (Å²) in [4.78, 5) is 0. The van der Waals surface area contributed by atoms with Crippen LogP contribution in [-0.4, -0.2) is 0 Å². The van der Waals surface area contributed by atoms with Crippen LogP contribution in [0.1, 0.15) is 128 Å². The van der Waals surface area contributed by atoms with Crippen LogP contribution in [0, 0.1) is 33.5 Å². The smallest absolute Gasteiger partial charge is 0.00997 e. The molecule has 5 rings (SSSR count). The lowest BCUT2D eigenvalue weighted by Gasteiger charge is -2.70. The van der Waals surface area contributed by atoms with Crippen LogP contribution in [0.15, 0.2) is 18.2 Å². The van der Waals surface area contributed by atoms with Crippen molar-refractivity contribution in [2.45, 2.75) is 118 Å². The zero-order chi connectivity index (χ0) is 21.5. The molecular weight excluding hydrogens is 360 g/mol. The first-order valence-corrected chi connectivity index (χ1v) is 13.2. The number of aryl methyl sites for hydroxylation is 1. The van der Waals surface area contributed by atoms with Crippen LogP contribution in [0.3, 0.4) is 0 Å². The molecule has 4 aliphatic carbocycles. The van der Waals surface area contributed by atoms with Gasteiger partial charge in [0.2, 0.25) is 0 Å². The molecule has 0 saturated heterocycles. The minimum absolute atomic E-state index is 0.470. The van der Waals surface area contributed by atoms with E-state index in [0.29, 0.717) is 27.6 Å². The Hall–Kier alpha value is -0.780. The first-order chi connectivity index (χ1) is 14.0. The molecule has 0 heteroatoms. The molecule has 166 valence electrons. The lowest BCUT2D eigenvalue weighted by molar-refractivity contribution is -0.199. The van der Waals surface area contributed by atoms with Crippen molar-refractivity contribution < 1.29 is 0 Å². The molecule has 4 aliphatic rings. The highest BCUT2D eigenvalue weighted by Gasteiger charge is 2.66. The molecule has 0 amide bonds. The van der Waals surface area contributed by atoms with E-state index in [0.717, 1.165) is 17.8 Å². The van der Waals surface area contributed by atoms with Gasteiger partial charge >= 0.3 is 0 Å². The topological polar surface area (TPSA) is 0 Å². The van der Waals surface area contributed by atoms with E-state index in [1.165, 1.54) is 63.4 Å². The number of benzene rings is 1. The average Bonchev–Trinajstić information content (AvgIpc) is 2.67. The first kappa shape index (κ1) is 21.1. The van der Waals surface area contributed by atoms with Gasteiger partial charge in [0.05, 0.1) is 0 Å². The molecule has 0 nitrogen and oxygen atoms in total. The summed E-state index contributed by atoms with van der Waals surface area (Å²) in [7, 11) is 0. The van der Waals surface area contributed by atoms with E-state index in [1.54, 1.807) is 11.1 Å². The van der Waals surface area contributed by atoms with Gasteiger partial charge in [-0.3, -0.25) is 0 Å². The highest BCUT2D eigenvalue weighted by atomic mass is 14.7. The van der Waals surface area contributed by atoms with E-state index in [9.17, 15) is 0 Å². The van der Waals surface area contributed by atoms with Gasteiger partial charge in [-0.05, 0) is 113 Å². The van der Waals surface area contributed by atoms with Gasteiger partial charge in [-0.1, -0.05) is 73.1 Å². The summed E-state index contributed by atoms with van der Waals surface area (Å²) in [5, 5.41) is 0. The van der Waals surface area contributed by atoms with Crippen molar-refractivity contribution in [3.8, 4) is 0 Å². The van der Waals surface area contributed by atoms with Crippen molar-refractivity contribution in [2.24, 2.45) is 33.5 Å². The summed E-state index contributed by atoms with van der Waals surface area (Å²) in [6.45, 7) is 18.1. The second-order valence-corrected chi connectivity index (χ2v) is 13.6. The van der Waals surface area contributed by atoms with Crippen LogP contribution in [-0.2, 0) is 6.42 Å². The summed E-state index contributed by atoms with van der Waals surface area (Å²) in [5.41, 5.74) is 7.02. The zero-order valence-corrected chi connectivity index (χ0v) is 20.9. The Morgan fingerprint density at radius 2 is 1.57 bits per heavy atom. The van der Waals surface area contributed by atoms with Gasteiger partial charge in [0, 0.05) is 0 Å². The van der Waals surface area contributed by atoms with Crippen LogP contribution < -0.4 is 0 Å². The number of fused-ring (bicyclic) bond motifs is 7. The summed E-state index contributed by atoms with van der Waals surface area (Å²) in [5.74, 6) is 3.27. The molecule has 0 N–H and O–H groups in total. The Morgan fingerprint density at radius 3 is 2.30 bits per heavy atom. The molecule has 30 heavy (non-hydrogen) atoms. The van der Waals surface area contributed by atoms with Crippen molar-refractivity contribution in [1.29, 1.82) is 0 Å². The van der Waals surface area contributed by atoms with E-state index in [-0.39, 0.29) is 0 Å². The lowest BCUT2D eigenvalue weighted by Crippen LogP contribution is -2.62. The highest BCUT2D eigenvalue weighted by Crippen LogP contribution is 2.74. The molecule has 0 heterocycles. The summed E-state index contributed by atoms with van der Waals surface area (Å²) >= 11 is 0. The van der Waals surface area contributed by atoms with Gasteiger partial charge < -0.3 is 0 Å². The molecule has 6 atom stereocenters. The molecule has 1 aromatic rings. The molecule has 0 spiro atoms. The maximum absolute atomic E-state index is 2.75. The molecule has 3 fully saturated rings. The van der Waals surface area contributed by atoms with E-state index in [1.807, 2.05) is 0 Å². The number of hydrogen-bond acceptors (Lipinski definition) is 0. The third-order valence-electron chi connectivity index (χ3n) is 11.7. The third-order valence-corrected chi connectivity index (χ3v) is 11.7. The summed E-state index contributed by atoms with van der Waals surface area (Å²) < 4.78 is 0. The Labute approximate surface area is 186 Å². The number of rotatable bonds is 1. The third kappa shape index (κ3) is 2.64.